The van der Waals surface area contributed by atoms with Crippen molar-refractivity contribution in [3.63, 3.8) is 0 Å². The molecule has 1 aromatic carbocycles. The summed E-state index contributed by atoms with van der Waals surface area (Å²) in [6.07, 6.45) is 0. The Morgan fingerprint density at radius 2 is 2.00 bits per heavy atom. The summed E-state index contributed by atoms with van der Waals surface area (Å²) in [7, 11) is 0. The number of rotatable bonds is 5. The number of para-hydroxylation sites is 1. The van der Waals surface area contributed by atoms with Gasteiger partial charge in [-0.25, -0.2) is 9.18 Å². The van der Waals surface area contributed by atoms with Crippen LogP contribution < -0.4 is 5.32 Å². The average molecular weight is 324 g/mol. The SMILES string of the molecule is O=C(COC(=O)c1ccc([N+](=O)[O-])s1)Nc1ccccc1F. The van der Waals surface area contributed by atoms with E-state index in [1.807, 2.05) is 0 Å². The summed E-state index contributed by atoms with van der Waals surface area (Å²) in [4.78, 5) is 33.0. The van der Waals surface area contributed by atoms with Gasteiger partial charge in [0, 0.05) is 6.07 Å². The van der Waals surface area contributed by atoms with Crippen LogP contribution in [0.4, 0.5) is 15.1 Å². The maximum atomic E-state index is 13.3. The van der Waals surface area contributed by atoms with E-state index in [9.17, 15) is 24.1 Å². The molecule has 0 aliphatic heterocycles. The molecule has 0 saturated carbocycles. The predicted molar refractivity (Wildman–Crippen MR) is 76.3 cm³/mol. The zero-order valence-electron chi connectivity index (χ0n) is 10.9. The summed E-state index contributed by atoms with van der Waals surface area (Å²) in [6, 6.07) is 7.94. The predicted octanol–water partition coefficient (Wildman–Crippen LogP) is 2.59. The first-order valence-corrected chi connectivity index (χ1v) is 6.75. The van der Waals surface area contributed by atoms with Crippen molar-refractivity contribution in [1.82, 2.24) is 0 Å². The zero-order chi connectivity index (χ0) is 16.1. The minimum absolute atomic E-state index is 0.00499. The molecule has 2 aromatic rings. The van der Waals surface area contributed by atoms with E-state index < -0.39 is 29.2 Å². The molecule has 114 valence electrons. The lowest BCUT2D eigenvalue weighted by molar-refractivity contribution is -0.380. The number of carbonyl (C=O) groups excluding carboxylic acids is 2. The Balaban J connectivity index is 1.89. The summed E-state index contributed by atoms with van der Waals surface area (Å²) < 4.78 is 18.0. The first-order valence-electron chi connectivity index (χ1n) is 5.93. The number of nitro groups is 1. The molecule has 2 rings (SSSR count). The molecule has 1 heterocycles. The number of anilines is 1. The summed E-state index contributed by atoms with van der Waals surface area (Å²) in [5.74, 6) is -2.19. The maximum absolute atomic E-state index is 13.3. The highest BCUT2D eigenvalue weighted by Gasteiger charge is 2.17. The Morgan fingerprint density at radius 1 is 1.27 bits per heavy atom. The molecule has 0 fully saturated rings. The minimum Gasteiger partial charge on any atom is -0.451 e. The number of nitrogens with one attached hydrogen (secondary N) is 1. The molecule has 7 nitrogen and oxygen atoms in total. The average Bonchev–Trinajstić information content (AvgIpc) is 2.97. The molecule has 0 radical (unpaired) electrons. The monoisotopic (exact) mass is 324 g/mol. The van der Waals surface area contributed by atoms with Crippen LogP contribution in [-0.2, 0) is 9.53 Å². The third kappa shape index (κ3) is 3.85. The van der Waals surface area contributed by atoms with E-state index in [1.165, 1.54) is 36.4 Å². The van der Waals surface area contributed by atoms with Gasteiger partial charge in [0.15, 0.2) is 6.61 Å². The van der Waals surface area contributed by atoms with Crippen molar-refractivity contribution >= 4 is 33.9 Å². The van der Waals surface area contributed by atoms with Crippen molar-refractivity contribution in [1.29, 1.82) is 0 Å². The lowest BCUT2D eigenvalue weighted by atomic mass is 10.3. The van der Waals surface area contributed by atoms with Crippen LogP contribution in [0.3, 0.4) is 0 Å². The molecular weight excluding hydrogens is 315 g/mol. The highest BCUT2D eigenvalue weighted by molar-refractivity contribution is 7.17. The van der Waals surface area contributed by atoms with Crippen LogP contribution in [0, 0.1) is 15.9 Å². The highest BCUT2D eigenvalue weighted by Crippen LogP contribution is 2.24. The van der Waals surface area contributed by atoms with Gasteiger partial charge in [-0.15, -0.1) is 0 Å². The zero-order valence-corrected chi connectivity index (χ0v) is 11.8. The van der Waals surface area contributed by atoms with Crippen molar-refractivity contribution < 1.29 is 23.6 Å². The van der Waals surface area contributed by atoms with Crippen LogP contribution in [0.5, 0.6) is 0 Å². The smallest absolute Gasteiger partial charge is 0.349 e. The van der Waals surface area contributed by atoms with Crippen LogP contribution in [0.15, 0.2) is 36.4 Å². The van der Waals surface area contributed by atoms with Gasteiger partial charge < -0.3 is 10.1 Å². The Hall–Kier alpha value is -2.81. The molecule has 0 atom stereocenters. The fourth-order valence-corrected chi connectivity index (χ4v) is 2.20. The van der Waals surface area contributed by atoms with Crippen molar-refractivity contribution in [3.8, 4) is 0 Å². The van der Waals surface area contributed by atoms with E-state index >= 15 is 0 Å². The molecule has 1 amide bonds. The number of ether oxygens (including phenoxy) is 1. The first kappa shape index (κ1) is 15.6. The molecule has 9 heteroatoms. The van der Waals surface area contributed by atoms with Gasteiger partial charge in [0.05, 0.1) is 10.6 Å². The number of amides is 1. The van der Waals surface area contributed by atoms with E-state index in [1.54, 1.807) is 0 Å². The summed E-state index contributed by atoms with van der Waals surface area (Å²) >= 11 is 0.642. The van der Waals surface area contributed by atoms with Crippen LogP contribution in [0.25, 0.3) is 0 Å². The topological polar surface area (TPSA) is 98.5 Å². The van der Waals surface area contributed by atoms with Crippen LogP contribution in [0.2, 0.25) is 0 Å². The van der Waals surface area contributed by atoms with Crippen molar-refractivity contribution in [2.45, 2.75) is 0 Å². The van der Waals surface area contributed by atoms with Gasteiger partial charge >= 0.3 is 11.0 Å². The minimum atomic E-state index is -0.859. The van der Waals surface area contributed by atoms with E-state index in [4.69, 9.17) is 4.74 Å². The Morgan fingerprint density at radius 3 is 2.64 bits per heavy atom. The number of carbonyl (C=O) groups is 2. The number of halogens is 1. The number of nitrogens with zero attached hydrogens (tertiary/aromatic N) is 1. The van der Waals surface area contributed by atoms with Gasteiger partial charge in [-0.1, -0.05) is 23.5 Å². The second-order valence-corrected chi connectivity index (χ2v) is 5.06. The molecule has 0 unspecified atom stereocenters. The lowest BCUT2D eigenvalue weighted by Crippen LogP contribution is -2.21. The maximum Gasteiger partial charge on any atom is 0.349 e. The molecule has 0 bridgehead atoms. The molecule has 1 N–H and O–H groups in total. The van der Waals surface area contributed by atoms with Crippen molar-refractivity contribution in [2.75, 3.05) is 11.9 Å². The summed E-state index contributed by atoms with van der Waals surface area (Å²) in [5.41, 5.74) is -0.0321. The van der Waals surface area contributed by atoms with Crippen LogP contribution in [-0.4, -0.2) is 23.4 Å². The lowest BCUT2D eigenvalue weighted by Gasteiger charge is -2.06. The summed E-state index contributed by atoms with van der Waals surface area (Å²) in [5, 5.41) is 12.5. The molecule has 1 aromatic heterocycles. The Bertz CT molecular complexity index is 731. The van der Waals surface area contributed by atoms with Gasteiger partial charge in [-0.2, -0.15) is 0 Å². The third-order valence-electron chi connectivity index (χ3n) is 2.46. The molecule has 0 spiro atoms. The van der Waals surface area contributed by atoms with E-state index in [0.29, 0.717) is 11.3 Å². The number of esters is 1. The van der Waals surface area contributed by atoms with Gasteiger partial charge in [0.1, 0.15) is 10.7 Å². The van der Waals surface area contributed by atoms with E-state index in [2.05, 4.69) is 5.32 Å². The molecular formula is C13H9FN2O5S. The highest BCUT2D eigenvalue weighted by atomic mass is 32.1. The molecule has 22 heavy (non-hydrogen) atoms. The third-order valence-corrected chi connectivity index (χ3v) is 3.47. The van der Waals surface area contributed by atoms with Crippen LogP contribution in [0.1, 0.15) is 9.67 Å². The number of hydrogen-bond acceptors (Lipinski definition) is 6. The largest absolute Gasteiger partial charge is 0.451 e. The molecule has 0 aliphatic rings. The molecule has 0 aliphatic carbocycles. The van der Waals surface area contributed by atoms with Gasteiger partial charge in [0.25, 0.3) is 5.91 Å². The Labute approximate surface area is 127 Å². The summed E-state index contributed by atoms with van der Waals surface area (Å²) in [6.45, 7) is -0.626. The number of hydrogen-bond donors (Lipinski definition) is 1. The quantitative estimate of drug-likeness (QED) is 0.518. The second-order valence-electron chi connectivity index (χ2n) is 4.00. The first-order chi connectivity index (χ1) is 10.5. The standard InChI is InChI=1S/C13H9FN2O5S/c14-8-3-1-2-4-9(8)15-11(17)7-21-13(18)10-5-6-12(22-10)16(19)20/h1-6H,7H2,(H,15,17). The van der Waals surface area contributed by atoms with Gasteiger partial charge in [0.2, 0.25) is 0 Å². The fraction of sp³-hybridized carbons (Fsp3) is 0.0769. The number of benzene rings is 1. The molecule has 0 saturated heterocycles. The van der Waals surface area contributed by atoms with Crippen LogP contribution >= 0.6 is 11.3 Å². The van der Waals surface area contributed by atoms with Gasteiger partial charge in [-0.05, 0) is 18.2 Å². The fourth-order valence-electron chi connectivity index (χ4n) is 1.49. The number of thiophene rings is 1. The normalized spacial score (nSPS) is 10.0. The second kappa shape index (κ2) is 6.76. The van der Waals surface area contributed by atoms with Gasteiger partial charge in [-0.3, -0.25) is 14.9 Å². The van der Waals surface area contributed by atoms with E-state index in [-0.39, 0.29) is 15.6 Å². The van der Waals surface area contributed by atoms with E-state index in [0.717, 1.165) is 0 Å². The van der Waals surface area contributed by atoms with Crippen molar-refractivity contribution in [3.05, 3.63) is 57.2 Å². The van der Waals surface area contributed by atoms with Crippen molar-refractivity contribution in [2.24, 2.45) is 0 Å². The Kier molecular flexibility index (Phi) is 4.79.